The summed E-state index contributed by atoms with van der Waals surface area (Å²) in [5.74, 6) is -0.876. The van der Waals surface area contributed by atoms with E-state index >= 15 is 0 Å². The molecular formula is C22H46NO2+. The van der Waals surface area contributed by atoms with E-state index in [2.05, 4.69) is 21.0 Å². The number of unbranched alkanes of at least 4 members (excludes halogenated alkanes) is 13. The molecular weight excluding hydrogens is 310 g/mol. The third kappa shape index (κ3) is 12.0. The van der Waals surface area contributed by atoms with Gasteiger partial charge in [-0.05, 0) is 6.42 Å². The smallest absolute Gasteiger partial charge is 0.216 e. The van der Waals surface area contributed by atoms with Crippen molar-refractivity contribution in [1.29, 1.82) is 0 Å². The minimum absolute atomic E-state index is 0.683. The van der Waals surface area contributed by atoms with Crippen molar-refractivity contribution in [3.05, 3.63) is 0 Å². The van der Waals surface area contributed by atoms with Gasteiger partial charge in [0.05, 0.1) is 20.7 Å². The van der Waals surface area contributed by atoms with Crippen LogP contribution in [-0.2, 0) is 4.74 Å². The second-order valence-electron chi connectivity index (χ2n) is 8.96. The summed E-state index contributed by atoms with van der Waals surface area (Å²) in [6.45, 7) is 4.69. The molecule has 1 heterocycles. The van der Waals surface area contributed by atoms with E-state index in [1.54, 1.807) is 0 Å². The van der Waals surface area contributed by atoms with Crippen LogP contribution in [-0.4, -0.2) is 49.2 Å². The normalized spacial score (nSPS) is 23.0. The molecule has 0 spiro atoms. The fourth-order valence-electron chi connectivity index (χ4n) is 4.02. The van der Waals surface area contributed by atoms with Crippen LogP contribution in [0.15, 0.2) is 0 Å². The number of hydrogen-bond acceptors (Lipinski definition) is 2. The molecule has 0 amide bonds. The van der Waals surface area contributed by atoms with Crippen molar-refractivity contribution in [3.8, 4) is 0 Å². The van der Waals surface area contributed by atoms with Crippen molar-refractivity contribution in [2.24, 2.45) is 0 Å². The molecule has 0 unspecified atom stereocenters. The topological polar surface area (TPSA) is 29.5 Å². The highest BCUT2D eigenvalue weighted by atomic mass is 16.6. The van der Waals surface area contributed by atoms with E-state index in [9.17, 15) is 5.11 Å². The molecule has 1 N–H and O–H groups in total. The largest absolute Gasteiger partial charge is 0.361 e. The molecule has 1 saturated heterocycles. The Balaban J connectivity index is 1.84. The minimum Gasteiger partial charge on any atom is -0.361 e. The average Bonchev–Trinajstić information content (AvgIpc) is 2.54. The third-order valence-electron chi connectivity index (χ3n) is 5.66. The van der Waals surface area contributed by atoms with Crippen LogP contribution in [0.2, 0.25) is 0 Å². The Kier molecular flexibility index (Phi) is 12.0. The van der Waals surface area contributed by atoms with Gasteiger partial charge in [0.1, 0.15) is 13.1 Å². The van der Waals surface area contributed by atoms with Gasteiger partial charge in [-0.25, -0.2) is 0 Å². The molecule has 0 radical (unpaired) electrons. The minimum atomic E-state index is -0.876. The van der Waals surface area contributed by atoms with Crippen molar-refractivity contribution in [1.82, 2.24) is 0 Å². The molecule has 1 atom stereocenters. The zero-order valence-corrected chi connectivity index (χ0v) is 17.5. The van der Waals surface area contributed by atoms with Gasteiger partial charge in [0.15, 0.2) is 0 Å². The predicted molar refractivity (Wildman–Crippen MR) is 108 cm³/mol. The summed E-state index contributed by atoms with van der Waals surface area (Å²) in [5.41, 5.74) is 0. The quantitative estimate of drug-likeness (QED) is 0.303. The number of hydrogen-bond donors (Lipinski definition) is 1. The van der Waals surface area contributed by atoms with Crippen LogP contribution in [0.4, 0.5) is 0 Å². The Morgan fingerprint density at radius 1 is 0.760 bits per heavy atom. The molecule has 1 aliphatic rings. The molecule has 1 rings (SSSR count). The number of aliphatic hydroxyl groups is 1. The van der Waals surface area contributed by atoms with E-state index in [-0.39, 0.29) is 0 Å². The van der Waals surface area contributed by atoms with Gasteiger partial charge < -0.3 is 14.3 Å². The maximum absolute atomic E-state index is 10.6. The number of rotatable bonds is 15. The highest BCUT2D eigenvalue weighted by molar-refractivity contribution is 4.70. The standard InChI is InChI=1S/C22H46NO2/c1-4-5-6-7-8-9-10-11-12-13-14-15-16-17-18-22(24)21-23(2,3)19-20-25-22/h24H,4-21H2,1-3H3/q+1/t22-/m0/s1. The summed E-state index contributed by atoms with van der Waals surface area (Å²) in [6.07, 6.45) is 20.0. The molecule has 0 saturated carbocycles. The van der Waals surface area contributed by atoms with Gasteiger partial charge in [0.25, 0.3) is 0 Å². The molecule has 0 aliphatic carbocycles. The zero-order valence-electron chi connectivity index (χ0n) is 17.5. The van der Waals surface area contributed by atoms with Gasteiger partial charge in [-0.2, -0.15) is 0 Å². The molecule has 0 bridgehead atoms. The summed E-state index contributed by atoms with van der Waals surface area (Å²) in [4.78, 5) is 0. The maximum atomic E-state index is 10.6. The Morgan fingerprint density at radius 3 is 1.64 bits per heavy atom. The molecule has 1 fully saturated rings. The van der Waals surface area contributed by atoms with Gasteiger partial charge in [0, 0.05) is 6.42 Å². The molecule has 150 valence electrons. The Morgan fingerprint density at radius 2 is 1.20 bits per heavy atom. The second-order valence-corrected chi connectivity index (χ2v) is 8.96. The maximum Gasteiger partial charge on any atom is 0.216 e. The molecule has 0 aromatic carbocycles. The van der Waals surface area contributed by atoms with E-state index in [4.69, 9.17) is 4.74 Å². The van der Waals surface area contributed by atoms with Crippen molar-refractivity contribution < 1.29 is 14.3 Å². The first-order valence-electron chi connectivity index (χ1n) is 11.2. The molecule has 0 aromatic rings. The van der Waals surface area contributed by atoms with Crippen LogP contribution in [0.1, 0.15) is 103 Å². The number of ether oxygens (including phenoxy) is 1. The first kappa shape index (κ1) is 22.9. The third-order valence-corrected chi connectivity index (χ3v) is 5.66. The van der Waals surface area contributed by atoms with Crippen LogP contribution in [0, 0.1) is 0 Å². The molecule has 3 heteroatoms. The fraction of sp³-hybridized carbons (Fsp3) is 1.00. The number of quaternary nitrogens is 1. The fourth-order valence-corrected chi connectivity index (χ4v) is 4.02. The summed E-state index contributed by atoms with van der Waals surface area (Å²) >= 11 is 0. The van der Waals surface area contributed by atoms with Gasteiger partial charge in [-0.3, -0.25) is 0 Å². The SMILES string of the molecule is CCCCCCCCCCCCCCCC[C@@]1(O)C[N+](C)(C)CCO1. The lowest BCUT2D eigenvalue weighted by Crippen LogP contribution is -2.59. The predicted octanol–water partition coefficient (Wildman–Crippen LogP) is 5.65. The van der Waals surface area contributed by atoms with Crippen LogP contribution >= 0.6 is 0 Å². The van der Waals surface area contributed by atoms with E-state index in [0.717, 1.165) is 30.4 Å². The lowest BCUT2D eigenvalue weighted by atomic mass is 10.0. The summed E-state index contributed by atoms with van der Waals surface area (Å²) in [6, 6.07) is 0. The van der Waals surface area contributed by atoms with Crippen LogP contribution in [0.3, 0.4) is 0 Å². The monoisotopic (exact) mass is 356 g/mol. The van der Waals surface area contributed by atoms with Gasteiger partial charge >= 0.3 is 0 Å². The first-order chi connectivity index (χ1) is 12.0. The number of nitrogens with zero attached hydrogens (tertiary/aromatic N) is 1. The van der Waals surface area contributed by atoms with Crippen LogP contribution in [0.25, 0.3) is 0 Å². The second kappa shape index (κ2) is 13.1. The van der Waals surface area contributed by atoms with Crippen LogP contribution in [0.5, 0.6) is 0 Å². The number of likely N-dealkylation sites (N-methyl/N-ethyl adjacent to an activating group) is 1. The molecule has 0 aromatic heterocycles. The first-order valence-corrected chi connectivity index (χ1v) is 11.2. The van der Waals surface area contributed by atoms with Gasteiger partial charge in [-0.1, -0.05) is 90.4 Å². The lowest BCUT2D eigenvalue weighted by Gasteiger charge is -2.42. The van der Waals surface area contributed by atoms with E-state index in [0.29, 0.717) is 6.61 Å². The summed E-state index contributed by atoms with van der Waals surface area (Å²) in [7, 11) is 4.36. The van der Waals surface area contributed by atoms with E-state index in [1.807, 2.05) is 0 Å². The highest BCUT2D eigenvalue weighted by Gasteiger charge is 2.39. The lowest BCUT2D eigenvalue weighted by molar-refractivity contribution is -0.911. The summed E-state index contributed by atoms with van der Waals surface area (Å²) < 4.78 is 6.52. The van der Waals surface area contributed by atoms with Crippen molar-refractivity contribution in [2.45, 2.75) is 109 Å². The summed E-state index contributed by atoms with van der Waals surface area (Å²) in [5, 5.41) is 10.6. The Labute approximate surface area is 157 Å². The molecule has 3 nitrogen and oxygen atoms in total. The van der Waals surface area contributed by atoms with E-state index in [1.165, 1.54) is 83.5 Å². The average molecular weight is 357 g/mol. The van der Waals surface area contributed by atoms with E-state index < -0.39 is 5.79 Å². The zero-order chi connectivity index (χ0) is 18.4. The van der Waals surface area contributed by atoms with Crippen molar-refractivity contribution in [3.63, 3.8) is 0 Å². The Hall–Kier alpha value is -0.120. The van der Waals surface area contributed by atoms with Gasteiger partial charge in [0.2, 0.25) is 5.79 Å². The van der Waals surface area contributed by atoms with Crippen LogP contribution < -0.4 is 0 Å². The van der Waals surface area contributed by atoms with Crippen molar-refractivity contribution >= 4 is 0 Å². The molecule has 1 aliphatic heterocycles. The molecule has 25 heavy (non-hydrogen) atoms. The number of morpholine rings is 1. The Bertz CT molecular complexity index is 319. The van der Waals surface area contributed by atoms with Crippen molar-refractivity contribution in [2.75, 3.05) is 33.8 Å². The van der Waals surface area contributed by atoms with Gasteiger partial charge in [-0.15, -0.1) is 0 Å². The highest BCUT2D eigenvalue weighted by Crippen LogP contribution is 2.24.